The van der Waals surface area contributed by atoms with Crippen LogP contribution in [-0.4, -0.2) is 52.4 Å². The van der Waals surface area contributed by atoms with Crippen molar-refractivity contribution in [2.75, 3.05) is 26.7 Å². The van der Waals surface area contributed by atoms with Crippen molar-refractivity contribution in [3.8, 4) is 17.5 Å². The molecule has 3 heterocycles. The highest BCUT2D eigenvalue weighted by Crippen LogP contribution is 2.42. The van der Waals surface area contributed by atoms with Crippen LogP contribution in [0.25, 0.3) is 17.5 Å². The second kappa shape index (κ2) is 10.1. The van der Waals surface area contributed by atoms with Crippen molar-refractivity contribution in [1.82, 2.24) is 19.8 Å². The molecule has 1 amide bonds. The second-order valence-corrected chi connectivity index (χ2v) is 11.2. The lowest BCUT2D eigenvalue weighted by atomic mass is 9.77. The molecule has 0 spiro atoms. The number of aryl methyl sites for hydroxylation is 1. The molecule has 2 aromatic carbocycles. The van der Waals surface area contributed by atoms with E-state index in [0.717, 1.165) is 72.8 Å². The molecule has 194 valence electrons. The maximum absolute atomic E-state index is 13.8. The van der Waals surface area contributed by atoms with Crippen molar-refractivity contribution < 1.29 is 4.79 Å². The van der Waals surface area contributed by atoms with Crippen LogP contribution < -0.4 is 0 Å². The Morgan fingerprint density at radius 2 is 1.82 bits per heavy atom. The summed E-state index contributed by atoms with van der Waals surface area (Å²) in [5.74, 6) is 1.98. The van der Waals surface area contributed by atoms with Gasteiger partial charge in [-0.25, -0.2) is 4.98 Å². The molecule has 2 aliphatic heterocycles. The summed E-state index contributed by atoms with van der Waals surface area (Å²) in [6.07, 6.45) is 10.7. The van der Waals surface area contributed by atoms with E-state index in [4.69, 9.17) is 10.2 Å². The van der Waals surface area contributed by atoms with Crippen LogP contribution >= 0.6 is 0 Å². The third-order valence-corrected chi connectivity index (χ3v) is 8.73. The SMILES string of the molecule is Cc1cc(C2CCC2)c(-c2nc3c([nH]2)C=CN(C)CC3)cc1C(=O)N1CCC(c2ccc(C#N)cc2)CC1. The Kier molecular flexibility index (Phi) is 6.53. The van der Waals surface area contributed by atoms with Crippen LogP contribution in [0.15, 0.2) is 42.6 Å². The molecule has 1 saturated carbocycles. The number of carbonyl (C=O) groups excluding carboxylic acids is 1. The summed E-state index contributed by atoms with van der Waals surface area (Å²) in [6.45, 7) is 4.52. The number of hydrogen-bond acceptors (Lipinski definition) is 4. The quantitative estimate of drug-likeness (QED) is 0.472. The van der Waals surface area contributed by atoms with Crippen LogP contribution in [0.3, 0.4) is 0 Å². The first-order valence-corrected chi connectivity index (χ1v) is 13.9. The Balaban J connectivity index is 1.26. The van der Waals surface area contributed by atoms with E-state index in [1.807, 2.05) is 17.0 Å². The van der Waals surface area contributed by atoms with Crippen molar-refractivity contribution in [2.45, 2.75) is 57.3 Å². The van der Waals surface area contributed by atoms with Crippen LogP contribution in [-0.2, 0) is 6.42 Å². The molecule has 6 heteroatoms. The molecule has 1 aliphatic carbocycles. The highest BCUT2D eigenvalue weighted by molar-refractivity contribution is 5.97. The topological polar surface area (TPSA) is 76.0 Å². The van der Waals surface area contributed by atoms with Gasteiger partial charge in [-0.2, -0.15) is 5.26 Å². The number of benzene rings is 2. The van der Waals surface area contributed by atoms with Gasteiger partial charge in [0.25, 0.3) is 5.91 Å². The van der Waals surface area contributed by atoms with Gasteiger partial charge in [-0.05, 0) is 85.4 Å². The van der Waals surface area contributed by atoms with Gasteiger partial charge in [-0.1, -0.05) is 24.6 Å². The average molecular weight is 506 g/mol. The number of nitrogens with zero attached hydrogens (tertiary/aromatic N) is 4. The monoisotopic (exact) mass is 505 g/mol. The Labute approximate surface area is 225 Å². The van der Waals surface area contributed by atoms with E-state index >= 15 is 0 Å². The van der Waals surface area contributed by atoms with Crippen LogP contribution in [0.4, 0.5) is 0 Å². The van der Waals surface area contributed by atoms with E-state index in [1.165, 1.54) is 30.4 Å². The number of nitriles is 1. The normalized spacial score (nSPS) is 18.0. The minimum atomic E-state index is 0.122. The lowest BCUT2D eigenvalue weighted by molar-refractivity contribution is 0.0712. The molecular weight excluding hydrogens is 470 g/mol. The highest BCUT2D eigenvalue weighted by atomic mass is 16.2. The molecule has 1 saturated heterocycles. The molecular formula is C32H35N5O. The zero-order valence-electron chi connectivity index (χ0n) is 22.3. The van der Waals surface area contributed by atoms with Gasteiger partial charge in [0.1, 0.15) is 5.82 Å². The van der Waals surface area contributed by atoms with Gasteiger partial charge in [0.2, 0.25) is 0 Å². The van der Waals surface area contributed by atoms with E-state index in [0.29, 0.717) is 17.4 Å². The summed E-state index contributed by atoms with van der Waals surface area (Å²) in [4.78, 5) is 26.6. The lowest BCUT2D eigenvalue weighted by Crippen LogP contribution is -2.38. The molecule has 0 unspecified atom stereocenters. The standard InChI is InChI=1S/C32H35N5O/c1-21-18-27(25-4-3-5-25)28(31-34-29-12-14-36(2)15-13-30(29)35-31)19-26(21)32(38)37-16-10-24(11-17-37)23-8-6-22(20-33)7-9-23/h6-9,12,14,18-19,24-25H,3-5,10-11,13,15-17H2,1-2H3,(H,34,35). The predicted molar refractivity (Wildman–Crippen MR) is 150 cm³/mol. The van der Waals surface area contributed by atoms with Gasteiger partial charge in [0.05, 0.1) is 23.0 Å². The molecule has 3 aromatic rings. The van der Waals surface area contributed by atoms with Crippen molar-refractivity contribution in [1.29, 1.82) is 5.26 Å². The van der Waals surface area contributed by atoms with Crippen LogP contribution in [0.2, 0.25) is 0 Å². The maximum Gasteiger partial charge on any atom is 0.254 e. The number of piperidine rings is 1. The molecule has 0 radical (unpaired) electrons. The summed E-state index contributed by atoms with van der Waals surface area (Å²) in [6, 6.07) is 14.5. The molecule has 6 rings (SSSR count). The van der Waals surface area contributed by atoms with E-state index in [2.05, 4.69) is 66.5 Å². The first-order valence-electron chi connectivity index (χ1n) is 13.9. The number of hydrogen-bond donors (Lipinski definition) is 1. The van der Waals surface area contributed by atoms with Crippen molar-refractivity contribution in [3.05, 3.63) is 81.8 Å². The fraction of sp³-hybridized carbons (Fsp3) is 0.406. The molecule has 0 bridgehead atoms. The fourth-order valence-corrected chi connectivity index (χ4v) is 6.08. The number of H-pyrrole nitrogens is 1. The third kappa shape index (κ3) is 4.62. The smallest absolute Gasteiger partial charge is 0.254 e. The molecule has 0 atom stereocenters. The second-order valence-electron chi connectivity index (χ2n) is 11.2. The van der Waals surface area contributed by atoms with Crippen LogP contribution in [0.1, 0.15) is 87.9 Å². The number of aromatic amines is 1. The Bertz CT molecular complexity index is 1420. The number of aromatic nitrogens is 2. The number of rotatable bonds is 4. The number of likely N-dealkylation sites (N-methyl/N-ethyl adjacent to an activating group) is 1. The van der Waals surface area contributed by atoms with Gasteiger partial charge in [-0.3, -0.25) is 4.79 Å². The average Bonchev–Trinajstić information content (AvgIpc) is 3.24. The van der Waals surface area contributed by atoms with E-state index in [9.17, 15) is 4.79 Å². The molecule has 38 heavy (non-hydrogen) atoms. The number of fused-ring (bicyclic) bond motifs is 1. The van der Waals surface area contributed by atoms with E-state index in [1.54, 1.807) is 0 Å². The van der Waals surface area contributed by atoms with Gasteiger partial charge >= 0.3 is 0 Å². The van der Waals surface area contributed by atoms with Crippen LogP contribution in [0, 0.1) is 18.3 Å². The number of likely N-dealkylation sites (tertiary alicyclic amines) is 1. The first-order chi connectivity index (χ1) is 18.5. The summed E-state index contributed by atoms with van der Waals surface area (Å²) in [7, 11) is 2.09. The lowest BCUT2D eigenvalue weighted by Gasteiger charge is -2.33. The first kappa shape index (κ1) is 24.5. The zero-order valence-corrected chi connectivity index (χ0v) is 22.3. The Morgan fingerprint density at radius 3 is 2.50 bits per heavy atom. The summed E-state index contributed by atoms with van der Waals surface area (Å²) >= 11 is 0. The molecule has 1 aromatic heterocycles. The minimum Gasteiger partial charge on any atom is -0.380 e. The van der Waals surface area contributed by atoms with Crippen molar-refractivity contribution in [2.24, 2.45) is 0 Å². The van der Waals surface area contributed by atoms with E-state index < -0.39 is 0 Å². The molecule has 6 nitrogen and oxygen atoms in total. The Morgan fingerprint density at radius 1 is 1.05 bits per heavy atom. The number of imidazole rings is 1. The molecule has 3 aliphatic rings. The molecule has 2 fully saturated rings. The highest BCUT2D eigenvalue weighted by Gasteiger charge is 2.29. The van der Waals surface area contributed by atoms with Crippen molar-refractivity contribution in [3.63, 3.8) is 0 Å². The zero-order chi connectivity index (χ0) is 26.2. The summed E-state index contributed by atoms with van der Waals surface area (Å²) in [5.41, 5.74) is 8.39. The molecule has 1 N–H and O–H groups in total. The van der Waals surface area contributed by atoms with Gasteiger partial charge in [-0.15, -0.1) is 0 Å². The number of amides is 1. The Hall–Kier alpha value is -3.85. The predicted octanol–water partition coefficient (Wildman–Crippen LogP) is 6.00. The minimum absolute atomic E-state index is 0.122. The fourth-order valence-electron chi connectivity index (χ4n) is 6.08. The van der Waals surface area contributed by atoms with Gasteiger partial charge in [0.15, 0.2) is 0 Å². The van der Waals surface area contributed by atoms with Crippen molar-refractivity contribution >= 4 is 12.0 Å². The third-order valence-electron chi connectivity index (χ3n) is 8.73. The number of carbonyl (C=O) groups is 1. The maximum atomic E-state index is 13.8. The summed E-state index contributed by atoms with van der Waals surface area (Å²) < 4.78 is 0. The van der Waals surface area contributed by atoms with Gasteiger partial charge in [0, 0.05) is 50.4 Å². The van der Waals surface area contributed by atoms with Crippen LogP contribution in [0.5, 0.6) is 0 Å². The van der Waals surface area contributed by atoms with Gasteiger partial charge < -0.3 is 14.8 Å². The summed E-state index contributed by atoms with van der Waals surface area (Å²) in [5, 5.41) is 9.08. The largest absolute Gasteiger partial charge is 0.380 e. The number of nitrogens with one attached hydrogen (secondary N) is 1. The van der Waals surface area contributed by atoms with E-state index in [-0.39, 0.29) is 5.91 Å².